The second kappa shape index (κ2) is 9.86. The molecule has 0 aliphatic carbocycles. The Balaban J connectivity index is 1.76. The molecule has 0 unspecified atom stereocenters. The number of hydrogen-bond donors (Lipinski definition) is 1. The molecule has 0 aromatic heterocycles. The third kappa shape index (κ3) is 6.39. The molecule has 2 rings (SSSR count). The van der Waals surface area contributed by atoms with Crippen LogP contribution in [0.1, 0.15) is 21.5 Å². The highest BCUT2D eigenvalue weighted by molar-refractivity contribution is 5.91. The fourth-order valence-corrected chi connectivity index (χ4v) is 2.08. The standard InChI is InChI=1S/C20H18FNO5/c1-26-20(25)15-9-6-14(7-10-15)8-11-19(24)27-13-18(23)22-12-16-4-2-3-5-17(16)21/h2-11H,12-13H2,1H3,(H,22,23)/b11-8+. The van der Waals surface area contributed by atoms with Gasteiger partial charge in [0.05, 0.1) is 12.7 Å². The average Bonchev–Trinajstić information content (AvgIpc) is 2.69. The highest BCUT2D eigenvalue weighted by Crippen LogP contribution is 2.08. The molecule has 140 valence electrons. The third-order valence-electron chi connectivity index (χ3n) is 3.52. The Morgan fingerprint density at radius 1 is 1.07 bits per heavy atom. The van der Waals surface area contributed by atoms with Crippen molar-refractivity contribution in [2.24, 2.45) is 0 Å². The molecule has 0 aliphatic heterocycles. The van der Waals surface area contributed by atoms with Gasteiger partial charge in [-0.2, -0.15) is 0 Å². The number of carbonyl (C=O) groups is 3. The zero-order valence-electron chi connectivity index (χ0n) is 14.6. The van der Waals surface area contributed by atoms with Gasteiger partial charge in [0.15, 0.2) is 6.61 Å². The van der Waals surface area contributed by atoms with Gasteiger partial charge in [-0.1, -0.05) is 30.3 Å². The number of methoxy groups -OCH3 is 1. The maximum Gasteiger partial charge on any atom is 0.337 e. The van der Waals surface area contributed by atoms with E-state index in [-0.39, 0.29) is 6.54 Å². The van der Waals surface area contributed by atoms with E-state index in [0.717, 1.165) is 6.08 Å². The number of ether oxygens (including phenoxy) is 2. The van der Waals surface area contributed by atoms with Crippen molar-refractivity contribution in [3.63, 3.8) is 0 Å². The average molecular weight is 371 g/mol. The molecule has 0 atom stereocenters. The molecule has 2 aromatic rings. The summed E-state index contributed by atoms with van der Waals surface area (Å²) in [5.41, 5.74) is 1.40. The molecule has 0 bridgehead atoms. The van der Waals surface area contributed by atoms with Crippen molar-refractivity contribution in [2.75, 3.05) is 13.7 Å². The van der Waals surface area contributed by atoms with Crippen LogP contribution in [0.2, 0.25) is 0 Å². The molecule has 0 spiro atoms. The van der Waals surface area contributed by atoms with E-state index in [2.05, 4.69) is 10.1 Å². The molecular weight excluding hydrogens is 353 g/mol. The van der Waals surface area contributed by atoms with E-state index in [1.807, 2.05) is 0 Å². The van der Waals surface area contributed by atoms with Crippen LogP contribution in [0.5, 0.6) is 0 Å². The van der Waals surface area contributed by atoms with E-state index in [9.17, 15) is 18.8 Å². The summed E-state index contributed by atoms with van der Waals surface area (Å²) in [5.74, 6) is -2.11. The minimum atomic E-state index is -0.701. The number of amides is 1. The van der Waals surface area contributed by atoms with Crippen molar-refractivity contribution >= 4 is 23.9 Å². The predicted octanol–water partition coefficient (Wildman–Crippen LogP) is 2.49. The molecule has 6 nitrogen and oxygen atoms in total. The zero-order valence-corrected chi connectivity index (χ0v) is 14.6. The van der Waals surface area contributed by atoms with Gasteiger partial charge in [-0.25, -0.2) is 14.0 Å². The summed E-state index contributed by atoms with van der Waals surface area (Å²) in [6, 6.07) is 12.5. The van der Waals surface area contributed by atoms with Gasteiger partial charge in [-0.05, 0) is 29.8 Å². The first kappa shape index (κ1) is 19.8. The van der Waals surface area contributed by atoms with Gasteiger partial charge in [0.2, 0.25) is 0 Å². The van der Waals surface area contributed by atoms with Crippen LogP contribution in [0.4, 0.5) is 4.39 Å². The number of esters is 2. The molecule has 2 aromatic carbocycles. The molecule has 7 heteroatoms. The first-order valence-electron chi connectivity index (χ1n) is 8.03. The van der Waals surface area contributed by atoms with E-state index in [1.54, 1.807) is 42.5 Å². The number of rotatable bonds is 7. The van der Waals surface area contributed by atoms with Gasteiger partial charge in [0, 0.05) is 18.2 Å². The van der Waals surface area contributed by atoms with Gasteiger partial charge < -0.3 is 14.8 Å². The van der Waals surface area contributed by atoms with E-state index < -0.39 is 30.3 Å². The Morgan fingerprint density at radius 3 is 2.44 bits per heavy atom. The van der Waals surface area contributed by atoms with Crippen LogP contribution in [-0.4, -0.2) is 31.6 Å². The van der Waals surface area contributed by atoms with Crippen LogP contribution in [-0.2, 0) is 25.6 Å². The van der Waals surface area contributed by atoms with Gasteiger partial charge in [-0.15, -0.1) is 0 Å². The molecule has 0 saturated carbocycles. The molecule has 1 N–H and O–H groups in total. The molecule has 1 amide bonds. The highest BCUT2D eigenvalue weighted by Gasteiger charge is 2.07. The summed E-state index contributed by atoms with van der Waals surface area (Å²) in [5, 5.41) is 2.47. The highest BCUT2D eigenvalue weighted by atomic mass is 19.1. The van der Waals surface area contributed by atoms with Crippen LogP contribution in [0.15, 0.2) is 54.6 Å². The van der Waals surface area contributed by atoms with Crippen molar-refractivity contribution in [3.8, 4) is 0 Å². The van der Waals surface area contributed by atoms with Crippen molar-refractivity contribution in [2.45, 2.75) is 6.54 Å². The number of hydrogen-bond acceptors (Lipinski definition) is 5. The zero-order chi connectivity index (χ0) is 19.6. The van der Waals surface area contributed by atoms with E-state index in [1.165, 1.54) is 19.3 Å². The number of carbonyl (C=O) groups excluding carboxylic acids is 3. The lowest BCUT2D eigenvalue weighted by Gasteiger charge is -2.06. The van der Waals surface area contributed by atoms with Crippen LogP contribution in [0, 0.1) is 5.82 Å². The lowest BCUT2D eigenvalue weighted by Crippen LogP contribution is -2.28. The Bertz CT molecular complexity index is 846. The SMILES string of the molecule is COC(=O)c1ccc(/C=C/C(=O)OCC(=O)NCc2ccccc2F)cc1. The van der Waals surface area contributed by atoms with Crippen LogP contribution in [0.3, 0.4) is 0 Å². The summed E-state index contributed by atoms with van der Waals surface area (Å²) < 4.78 is 22.8. The smallest absolute Gasteiger partial charge is 0.337 e. The second-order valence-corrected chi connectivity index (χ2v) is 5.42. The lowest BCUT2D eigenvalue weighted by atomic mass is 10.1. The molecule has 0 fully saturated rings. The predicted molar refractivity (Wildman–Crippen MR) is 96.0 cm³/mol. The molecular formula is C20H18FNO5. The third-order valence-corrected chi connectivity index (χ3v) is 3.52. The Labute approximate surface area is 155 Å². The quantitative estimate of drug-likeness (QED) is 0.597. The minimum absolute atomic E-state index is 0.00540. The van der Waals surface area contributed by atoms with Crippen LogP contribution >= 0.6 is 0 Å². The van der Waals surface area contributed by atoms with Gasteiger partial charge in [0.1, 0.15) is 5.82 Å². The number of nitrogens with one attached hydrogen (secondary N) is 1. The Morgan fingerprint density at radius 2 is 1.78 bits per heavy atom. The van der Waals surface area contributed by atoms with Gasteiger partial charge in [0.25, 0.3) is 5.91 Å². The Kier molecular flexibility index (Phi) is 7.25. The molecule has 0 saturated heterocycles. The maximum absolute atomic E-state index is 13.4. The molecule has 0 aliphatic rings. The van der Waals surface area contributed by atoms with Crippen molar-refractivity contribution in [3.05, 3.63) is 77.1 Å². The summed E-state index contributed by atoms with van der Waals surface area (Å²) >= 11 is 0. The molecule has 0 radical (unpaired) electrons. The summed E-state index contributed by atoms with van der Waals surface area (Å²) in [4.78, 5) is 34.6. The monoisotopic (exact) mass is 371 g/mol. The van der Waals surface area contributed by atoms with Crippen LogP contribution in [0.25, 0.3) is 6.08 Å². The molecule has 27 heavy (non-hydrogen) atoms. The fourth-order valence-electron chi connectivity index (χ4n) is 2.08. The normalized spacial score (nSPS) is 10.4. The van der Waals surface area contributed by atoms with Crippen molar-refractivity contribution in [1.29, 1.82) is 0 Å². The van der Waals surface area contributed by atoms with E-state index >= 15 is 0 Å². The first-order chi connectivity index (χ1) is 13.0. The maximum atomic E-state index is 13.4. The van der Waals surface area contributed by atoms with Crippen molar-refractivity contribution < 1.29 is 28.2 Å². The lowest BCUT2D eigenvalue weighted by molar-refractivity contribution is -0.143. The Hall–Kier alpha value is -3.48. The van der Waals surface area contributed by atoms with E-state index in [4.69, 9.17) is 4.74 Å². The van der Waals surface area contributed by atoms with Gasteiger partial charge in [-0.3, -0.25) is 4.79 Å². The van der Waals surface area contributed by atoms with Crippen molar-refractivity contribution in [1.82, 2.24) is 5.32 Å². The van der Waals surface area contributed by atoms with E-state index in [0.29, 0.717) is 16.7 Å². The largest absolute Gasteiger partial charge is 0.465 e. The number of benzene rings is 2. The summed E-state index contributed by atoms with van der Waals surface area (Å²) in [6.45, 7) is -0.468. The summed E-state index contributed by atoms with van der Waals surface area (Å²) in [7, 11) is 1.29. The topological polar surface area (TPSA) is 81.7 Å². The first-order valence-corrected chi connectivity index (χ1v) is 8.03. The second-order valence-electron chi connectivity index (χ2n) is 5.42. The molecule has 0 heterocycles. The number of halogens is 1. The van der Waals surface area contributed by atoms with Gasteiger partial charge >= 0.3 is 11.9 Å². The summed E-state index contributed by atoms with van der Waals surface area (Å²) in [6.07, 6.45) is 2.65. The fraction of sp³-hybridized carbons (Fsp3) is 0.150. The minimum Gasteiger partial charge on any atom is -0.465 e. The van der Waals surface area contributed by atoms with Crippen LogP contribution < -0.4 is 5.32 Å².